The Morgan fingerprint density at radius 1 is 1.29 bits per heavy atom. The summed E-state index contributed by atoms with van der Waals surface area (Å²) in [7, 11) is 4.99. The Hall–Kier alpha value is -1.85. The number of esters is 1. The Morgan fingerprint density at radius 3 is 2.64 bits per heavy atom. The zero-order valence-corrected chi connectivity index (χ0v) is 19.2. The Balaban J connectivity index is 0.00000392. The number of rotatable bonds is 8. The van der Waals surface area contributed by atoms with Crippen LogP contribution in [-0.2, 0) is 21.4 Å². The van der Waals surface area contributed by atoms with Crippen LogP contribution in [-0.4, -0.2) is 72.9 Å². The molecule has 0 aromatic carbocycles. The van der Waals surface area contributed by atoms with Crippen LogP contribution in [0.2, 0.25) is 0 Å². The highest BCUT2D eigenvalue weighted by Gasteiger charge is 2.27. The van der Waals surface area contributed by atoms with Crippen LogP contribution in [0, 0.1) is 0 Å². The number of anilines is 1. The fourth-order valence-corrected chi connectivity index (χ4v) is 3.06. The molecule has 2 heterocycles. The fourth-order valence-electron chi connectivity index (χ4n) is 3.06. The molecule has 1 aromatic heterocycles. The summed E-state index contributed by atoms with van der Waals surface area (Å²) in [6.45, 7) is 2.42. The molecule has 0 bridgehead atoms. The van der Waals surface area contributed by atoms with Gasteiger partial charge >= 0.3 is 5.97 Å². The van der Waals surface area contributed by atoms with Crippen molar-refractivity contribution in [3.8, 4) is 0 Å². The monoisotopic (exact) mass is 506 g/mol. The summed E-state index contributed by atoms with van der Waals surface area (Å²) in [5.41, 5.74) is 0.831. The number of carbonyl (C=O) groups is 2. The third kappa shape index (κ3) is 7.28. The third-order valence-corrected chi connectivity index (χ3v) is 4.55. The van der Waals surface area contributed by atoms with E-state index in [0.29, 0.717) is 19.5 Å². The van der Waals surface area contributed by atoms with Crippen LogP contribution in [0.5, 0.6) is 0 Å². The smallest absolute Gasteiger partial charge is 0.305 e. The van der Waals surface area contributed by atoms with Crippen LogP contribution >= 0.6 is 24.0 Å². The number of aliphatic imine (C=N–C) groups is 1. The molecule has 28 heavy (non-hydrogen) atoms. The number of amides is 1. The summed E-state index contributed by atoms with van der Waals surface area (Å²) in [5, 5.41) is 7.46. The second kappa shape index (κ2) is 12.6. The number of piperazine rings is 1. The molecule has 9 nitrogen and oxygen atoms in total. The number of ether oxygens (including phenoxy) is 1. The van der Waals surface area contributed by atoms with Gasteiger partial charge in [-0.1, -0.05) is 12.8 Å². The number of halogens is 1. The van der Waals surface area contributed by atoms with E-state index in [4.69, 9.17) is 0 Å². The largest absolute Gasteiger partial charge is 0.469 e. The third-order valence-electron chi connectivity index (χ3n) is 4.55. The summed E-state index contributed by atoms with van der Waals surface area (Å²) < 4.78 is 6.32. The average Bonchev–Trinajstić information content (AvgIpc) is 3.09. The molecule has 0 saturated carbocycles. The lowest BCUT2D eigenvalue weighted by molar-refractivity contribution is -0.140. The van der Waals surface area contributed by atoms with Crippen molar-refractivity contribution in [3.63, 3.8) is 0 Å². The first-order valence-electron chi connectivity index (χ1n) is 9.36. The van der Waals surface area contributed by atoms with Crippen molar-refractivity contribution in [2.24, 2.45) is 12.0 Å². The number of hydrogen-bond acceptors (Lipinski definition) is 5. The van der Waals surface area contributed by atoms with Crippen molar-refractivity contribution in [2.45, 2.75) is 32.1 Å². The summed E-state index contributed by atoms with van der Waals surface area (Å²) in [6.07, 6.45) is 7.92. The van der Waals surface area contributed by atoms with Gasteiger partial charge in [-0.05, 0) is 12.8 Å². The van der Waals surface area contributed by atoms with Gasteiger partial charge in [-0.3, -0.25) is 19.3 Å². The van der Waals surface area contributed by atoms with E-state index < -0.39 is 0 Å². The molecule has 0 atom stereocenters. The van der Waals surface area contributed by atoms with Gasteiger partial charge in [-0.15, -0.1) is 24.0 Å². The van der Waals surface area contributed by atoms with Crippen molar-refractivity contribution in [3.05, 3.63) is 12.4 Å². The summed E-state index contributed by atoms with van der Waals surface area (Å²) in [5.74, 6) is 0.646. The molecule has 2 rings (SSSR count). The van der Waals surface area contributed by atoms with E-state index in [1.807, 2.05) is 18.1 Å². The number of aryl methyl sites for hydroxylation is 1. The van der Waals surface area contributed by atoms with Gasteiger partial charge in [0.25, 0.3) is 0 Å². The van der Waals surface area contributed by atoms with Gasteiger partial charge in [-0.25, -0.2) is 0 Å². The maximum Gasteiger partial charge on any atom is 0.305 e. The zero-order valence-electron chi connectivity index (χ0n) is 16.9. The first-order chi connectivity index (χ1) is 13.0. The van der Waals surface area contributed by atoms with Crippen molar-refractivity contribution < 1.29 is 14.3 Å². The van der Waals surface area contributed by atoms with Gasteiger partial charge in [0, 0.05) is 46.3 Å². The van der Waals surface area contributed by atoms with Gasteiger partial charge in [0.05, 0.1) is 19.0 Å². The molecule has 0 radical (unpaired) electrons. The van der Waals surface area contributed by atoms with Gasteiger partial charge in [0.2, 0.25) is 5.91 Å². The van der Waals surface area contributed by atoms with Crippen molar-refractivity contribution in [1.82, 2.24) is 20.0 Å². The molecule has 1 amide bonds. The minimum Gasteiger partial charge on any atom is -0.469 e. The van der Waals surface area contributed by atoms with Crippen molar-refractivity contribution in [2.75, 3.05) is 45.2 Å². The number of unbranched alkanes of at least 4 members (excludes halogenated alkanes) is 3. The quantitative estimate of drug-likeness (QED) is 0.188. The predicted molar refractivity (Wildman–Crippen MR) is 119 cm³/mol. The fraction of sp³-hybridized carbons (Fsp3) is 0.667. The van der Waals surface area contributed by atoms with Crippen LogP contribution in [0.1, 0.15) is 32.1 Å². The van der Waals surface area contributed by atoms with Crippen LogP contribution in [0.15, 0.2) is 17.4 Å². The minimum atomic E-state index is -0.149. The van der Waals surface area contributed by atoms with E-state index >= 15 is 0 Å². The number of guanidine groups is 1. The Bertz CT molecular complexity index is 664. The Labute approximate surface area is 183 Å². The summed E-state index contributed by atoms with van der Waals surface area (Å²) in [6, 6.07) is 0. The number of nitrogens with one attached hydrogen (secondary N) is 1. The molecule has 10 heteroatoms. The molecular formula is C18H31IN6O3. The molecule has 0 unspecified atom stereocenters. The molecular weight excluding hydrogens is 475 g/mol. The Kier molecular flexibility index (Phi) is 10.9. The molecule has 158 valence electrons. The Morgan fingerprint density at radius 2 is 2.04 bits per heavy atom. The molecule has 1 fully saturated rings. The van der Waals surface area contributed by atoms with E-state index in [0.717, 1.165) is 50.4 Å². The van der Waals surface area contributed by atoms with E-state index in [-0.39, 0.29) is 35.9 Å². The molecule has 1 aromatic rings. The first-order valence-corrected chi connectivity index (χ1v) is 9.36. The van der Waals surface area contributed by atoms with Gasteiger partial charge < -0.3 is 19.9 Å². The molecule has 0 aliphatic carbocycles. The van der Waals surface area contributed by atoms with E-state index in [1.54, 1.807) is 22.8 Å². The van der Waals surface area contributed by atoms with E-state index in [2.05, 4.69) is 20.1 Å². The molecule has 1 aliphatic rings. The lowest BCUT2D eigenvalue weighted by Gasteiger charge is -2.35. The van der Waals surface area contributed by atoms with Crippen molar-refractivity contribution in [1.29, 1.82) is 0 Å². The predicted octanol–water partition coefficient (Wildman–Crippen LogP) is 1.39. The van der Waals surface area contributed by atoms with Crippen molar-refractivity contribution >= 4 is 47.5 Å². The standard InChI is InChI=1S/C18H30N6O3.HI/c1-19-18(20-9-7-5-4-6-8-17(26)27-3)23-10-11-24(16(25)14-23)15-12-21-22(2)13-15;/h12-13H,4-11,14H2,1-3H3,(H,19,20);1H. The van der Waals surface area contributed by atoms with Crippen LogP contribution < -0.4 is 10.2 Å². The highest BCUT2D eigenvalue weighted by atomic mass is 127. The summed E-state index contributed by atoms with van der Waals surface area (Å²) >= 11 is 0. The topological polar surface area (TPSA) is 92.1 Å². The van der Waals surface area contributed by atoms with E-state index in [1.165, 1.54) is 7.11 Å². The first kappa shape index (κ1) is 24.2. The highest BCUT2D eigenvalue weighted by molar-refractivity contribution is 14.0. The molecule has 1 saturated heterocycles. The SMILES string of the molecule is CN=C(NCCCCCCC(=O)OC)N1CCN(c2cnn(C)c2)C(=O)C1.I. The highest BCUT2D eigenvalue weighted by Crippen LogP contribution is 2.16. The minimum absolute atomic E-state index is 0. The number of aromatic nitrogens is 2. The molecule has 0 spiro atoms. The maximum absolute atomic E-state index is 12.5. The number of nitrogens with zero attached hydrogens (tertiary/aromatic N) is 5. The second-order valence-corrected chi connectivity index (χ2v) is 6.55. The summed E-state index contributed by atoms with van der Waals surface area (Å²) in [4.78, 5) is 31.6. The van der Waals surface area contributed by atoms with Crippen LogP contribution in [0.25, 0.3) is 0 Å². The number of methoxy groups -OCH3 is 1. The normalized spacial score (nSPS) is 14.7. The average molecular weight is 506 g/mol. The lowest BCUT2D eigenvalue weighted by atomic mass is 10.1. The second-order valence-electron chi connectivity index (χ2n) is 6.55. The zero-order chi connectivity index (χ0) is 19.6. The number of carbonyl (C=O) groups excluding carboxylic acids is 2. The van der Waals surface area contributed by atoms with E-state index in [9.17, 15) is 9.59 Å². The number of hydrogen-bond donors (Lipinski definition) is 1. The van der Waals surface area contributed by atoms with Gasteiger partial charge in [0.15, 0.2) is 5.96 Å². The lowest BCUT2D eigenvalue weighted by Crippen LogP contribution is -2.55. The molecule has 1 N–H and O–H groups in total. The van der Waals surface area contributed by atoms with Crippen LogP contribution in [0.3, 0.4) is 0 Å². The van der Waals surface area contributed by atoms with Crippen LogP contribution in [0.4, 0.5) is 5.69 Å². The van der Waals surface area contributed by atoms with Gasteiger partial charge in [-0.2, -0.15) is 5.10 Å². The maximum atomic E-state index is 12.5. The molecule has 1 aliphatic heterocycles. The van der Waals surface area contributed by atoms with Gasteiger partial charge in [0.1, 0.15) is 6.54 Å².